The van der Waals surface area contributed by atoms with Crippen LogP contribution >= 0.6 is 11.6 Å². The van der Waals surface area contributed by atoms with E-state index < -0.39 is 6.09 Å². The molecule has 2 aromatic rings. The van der Waals surface area contributed by atoms with Gasteiger partial charge in [0.1, 0.15) is 11.4 Å². The highest BCUT2D eigenvalue weighted by molar-refractivity contribution is 6.37. The molecule has 0 aliphatic rings. The van der Waals surface area contributed by atoms with Crippen molar-refractivity contribution < 1.29 is 14.3 Å². The number of nitrogens with zero attached hydrogens (tertiary/aromatic N) is 1. The van der Waals surface area contributed by atoms with Gasteiger partial charge in [-0.05, 0) is 45.9 Å². The lowest BCUT2D eigenvalue weighted by Crippen LogP contribution is -2.23. The number of aromatic nitrogens is 1. The molecule has 5 heteroatoms. The van der Waals surface area contributed by atoms with Crippen molar-refractivity contribution >= 4 is 28.6 Å². The summed E-state index contributed by atoms with van der Waals surface area (Å²) in [4.78, 5) is 11.8. The number of hydrogen-bond donors (Lipinski definition) is 0. The average molecular weight is 296 g/mol. The second kappa shape index (κ2) is 5.37. The summed E-state index contributed by atoms with van der Waals surface area (Å²) in [6, 6.07) is 5.36. The van der Waals surface area contributed by atoms with E-state index in [2.05, 4.69) is 0 Å². The Labute approximate surface area is 123 Å². The third-order valence-electron chi connectivity index (χ3n) is 2.65. The summed E-state index contributed by atoms with van der Waals surface area (Å²) in [6.07, 6.45) is 1.23. The lowest BCUT2D eigenvalue weighted by molar-refractivity contribution is 0.131. The molecule has 1 aromatic heterocycles. The summed E-state index contributed by atoms with van der Waals surface area (Å²) in [5.41, 5.74) is 0.371. The van der Waals surface area contributed by atoms with E-state index in [0.29, 0.717) is 22.9 Å². The molecule has 0 radical (unpaired) electrons. The predicted molar refractivity (Wildman–Crippen MR) is 79.7 cm³/mol. The standard InChI is InChI=1S/C15H18ClNO3/c1-5-19-14(18)17-9-8-10-11(17)6-7-12(13(10)16)20-15(2,3)4/h6-9H,5H2,1-4H3. The molecule has 0 saturated heterocycles. The molecule has 2 rings (SSSR count). The van der Waals surface area contributed by atoms with E-state index in [9.17, 15) is 4.79 Å². The van der Waals surface area contributed by atoms with E-state index in [1.807, 2.05) is 20.8 Å². The number of fused-ring (bicyclic) bond motifs is 1. The summed E-state index contributed by atoms with van der Waals surface area (Å²) < 4.78 is 12.2. The van der Waals surface area contributed by atoms with Crippen molar-refractivity contribution in [1.29, 1.82) is 0 Å². The Morgan fingerprint density at radius 3 is 2.60 bits per heavy atom. The van der Waals surface area contributed by atoms with E-state index in [1.54, 1.807) is 31.3 Å². The molecule has 1 heterocycles. The molecule has 0 N–H and O–H groups in total. The fraction of sp³-hybridized carbons (Fsp3) is 0.400. The molecule has 0 spiro atoms. The van der Waals surface area contributed by atoms with E-state index in [1.165, 1.54) is 4.57 Å². The molecule has 20 heavy (non-hydrogen) atoms. The Hall–Kier alpha value is -1.68. The zero-order chi connectivity index (χ0) is 14.9. The Bertz CT molecular complexity index is 640. The van der Waals surface area contributed by atoms with Crippen LogP contribution < -0.4 is 4.74 Å². The fourth-order valence-electron chi connectivity index (χ4n) is 1.92. The Morgan fingerprint density at radius 2 is 2.00 bits per heavy atom. The minimum Gasteiger partial charge on any atom is -0.487 e. The van der Waals surface area contributed by atoms with Crippen LogP contribution in [0.4, 0.5) is 4.79 Å². The average Bonchev–Trinajstić information content (AvgIpc) is 2.76. The van der Waals surface area contributed by atoms with Gasteiger partial charge in [0.2, 0.25) is 0 Å². The highest BCUT2D eigenvalue weighted by Gasteiger charge is 2.18. The van der Waals surface area contributed by atoms with Crippen molar-refractivity contribution in [2.75, 3.05) is 6.61 Å². The smallest absolute Gasteiger partial charge is 0.418 e. The number of benzene rings is 1. The Morgan fingerprint density at radius 1 is 1.30 bits per heavy atom. The SMILES string of the molecule is CCOC(=O)n1ccc2c(Cl)c(OC(C)(C)C)ccc21. The number of rotatable bonds is 2. The second-order valence-electron chi connectivity index (χ2n) is 5.41. The van der Waals surface area contributed by atoms with Gasteiger partial charge in [-0.15, -0.1) is 0 Å². The first-order valence-electron chi connectivity index (χ1n) is 6.49. The number of ether oxygens (including phenoxy) is 2. The van der Waals surface area contributed by atoms with Crippen molar-refractivity contribution in [1.82, 2.24) is 4.57 Å². The first kappa shape index (κ1) is 14.7. The molecule has 0 amide bonds. The first-order valence-corrected chi connectivity index (χ1v) is 6.87. The van der Waals surface area contributed by atoms with Crippen LogP contribution in [-0.4, -0.2) is 22.9 Å². The number of halogens is 1. The van der Waals surface area contributed by atoms with Gasteiger partial charge in [-0.1, -0.05) is 11.6 Å². The molecule has 1 aromatic carbocycles. The summed E-state index contributed by atoms with van der Waals surface area (Å²) >= 11 is 6.35. The first-order chi connectivity index (χ1) is 9.33. The zero-order valence-electron chi connectivity index (χ0n) is 12.1. The van der Waals surface area contributed by atoms with Gasteiger partial charge in [0.15, 0.2) is 0 Å². The van der Waals surface area contributed by atoms with E-state index in [-0.39, 0.29) is 5.60 Å². The van der Waals surface area contributed by atoms with Crippen molar-refractivity contribution in [2.45, 2.75) is 33.3 Å². The molecule has 0 aliphatic heterocycles. The van der Waals surface area contributed by atoms with Crippen molar-refractivity contribution in [3.63, 3.8) is 0 Å². The molecule has 108 valence electrons. The topological polar surface area (TPSA) is 40.5 Å². The van der Waals surface area contributed by atoms with Crippen LogP contribution in [0, 0.1) is 0 Å². The third kappa shape index (κ3) is 2.90. The summed E-state index contributed by atoms with van der Waals surface area (Å²) in [5, 5.41) is 1.27. The van der Waals surface area contributed by atoms with Crippen LogP contribution in [0.2, 0.25) is 5.02 Å². The fourth-order valence-corrected chi connectivity index (χ4v) is 2.18. The van der Waals surface area contributed by atoms with E-state index in [0.717, 1.165) is 5.39 Å². The normalized spacial score (nSPS) is 11.7. The molecule has 0 bridgehead atoms. The second-order valence-corrected chi connectivity index (χ2v) is 5.79. The van der Waals surface area contributed by atoms with Crippen molar-refractivity contribution in [2.24, 2.45) is 0 Å². The van der Waals surface area contributed by atoms with Crippen LogP contribution in [0.25, 0.3) is 10.9 Å². The largest absolute Gasteiger partial charge is 0.487 e. The van der Waals surface area contributed by atoms with Crippen LogP contribution in [-0.2, 0) is 4.74 Å². The quantitative estimate of drug-likeness (QED) is 0.820. The molecule has 4 nitrogen and oxygen atoms in total. The number of carbonyl (C=O) groups excluding carboxylic acids is 1. The molecule has 0 fully saturated rings. The van der Waals surface area contributed by atoms with Gasteiger partial charge >= 0.3 is 6.09 Å². The monoisotopic (exact) mass is 295 g/mol. The van der Waals surface area contributed by atoms with Crippen LogP contribution in [0.15, 0.2) is 24.4 Å². The van der Waals surface area contributed by atoms with E-state index >= 15 is 0 Å². The maximum absolute atomic E-state index is 11.8. The predicted octanol–water partition coefficient (Wildman–Crippen LogP) is 4.48. The molecule has 0 atom stereocenters. The number of carbonyl (C=O) groups is 1. The maximum Gasteiger partial charge on any atom is 0.418 e. The molecule has 0 unspecified atom stereocenters. The van der Waals surface area contributed by atoms with Gasteiger partial charge in [0, 0.05) is 11.6 Å². The Balaban J connectivity index is 2.46. The highest BCUT2D eigenvalue weighted by Crippen LogP contribution is 2.35. The number of hydrogen-bond acceptors (Lipinski definition) is 3. The van der Waals surface area contributed by atoms with Gasteiger partial charge < -0.3 is 9.47 Å². The van der Waals surface area contributed by atoms with Gasteiger partial charge in [0.05, 0.1) is 17.1 Å². The van der Waals surface area contributed by atoms with Crippen LogP contribution in [0.5, 0.6) is 5.75 Å². The summed E-state index contributed by atoms with van der Waals surface area (Å²) in [5.74, 6) is 0.605. The molecule has 0 saturated carbocycles. The van der Waals surface area contributed by atoms with Crippen molar-refractivity contribution in [3.8, 4) is 5.75 Å². The third-order valence-corrected chi connectivity index (χ3v) is 3.04. The highest BCUT2D eigenvalue weighted by atomic mass is 35.5. The summed E-state index contributed by atoms with van der Waals surface area (Å²) in [7, 11) is 0. The van der Waals surface area contributed by atoms with Gasteiger partial charge in [-0.3, -0.25) is 4.57 Å². The lowest BCUT2D eigenvalue weighted by atomic mass is 10.2. The lowest BCUT2D eigenvalue weighted by Gasteiger charge is -2.22. The van der Waals surface area contributed by atoms with Crippen molar-refractivity contribution in [3.05, 3.63) is 29.4 Å². The molecular formula is C15H18ClNO3. The summed E-state index contributed by atoms with van der Waals surface area (Å²) in [6.45, 7) is 7.97. The van der Waals surface area contributed by atoms with E-state index in [4.69, 9.17) is 21.1 Å². The molecule has 0 aliphatic carbocycles. The minimum absolute atomic E-state index is 0.331. The Kier molecular flexibility index (Phi) is 3.95. The minimum atomic E-state index is -0.414. The maximum atomic E-state index is 11.8. The van der Waals surface area contributed by atoms with Crippen LogP contribution in [0.3, 0.4) is 0 Å². The van der Waals surface area contributed by atoms with Gasteiger partial charge in [0.25, 0.3) is 0 Å². The zero-order valence-corrected chi connectivity index (χ0v) is 12.8. The van der Waals surface area contributed by atoms with Crippen LogP contribution in [0.1, 0.15) is 27.7 Å². The molecular weight excluding hydrogens is 278 g/mol. The van der Waals surface area contributed by atoms with Gasteiger partial charge in [-0.25, -0.2) is 4.79 Å². The van der Waals surface area contributed by atoms with Gasteiger partial charge in [-0.2, -0.15) is 0 Å².